The third-order valence-corrected chi connectivity index (χ3v) is 3.43. The number of hydrogen-bond acceptors (Lipinski definition) is 2. The van der Waals surface area contributed by atoms with Crippen molar-refractivity contribution in [3.05, 3.63) is 59.8 Å². The summed E-state index contributed by atoms with van der Waals surface area (Å²) in [6.45, 7) is 0. The number of benzene rings is 2. The molecule has 0 bridgehead atoms. The quantitative estimate of drug-likeness (QED) is 0.780. The van der Waals surface area contributed by atoms with E-state index in [0.29, 0.717) is 0 Å². The molecule has 0 unspecified atom stereocenters. The Kier molecular flexibility index (Phi) is 3.33. The van der Waals surface area contributed by atoms with Crippen LogP contribution < -0.4 is 9.47 Å². The van der Waals surface area contributed by atoms with Crippen LogP contribution in [0.25, 0.3) is 10.9 Å². The zero-order valence-corrected chi connectivity index (χ0v) is 11.6. The van der Waals surface area contributed by atoms with Crippen LogP contribution in [-0.2, 0) is 6.42 Å². The Hall–Kier alpha value is -2.42. The summed E-state index contributed by atoms with van der Waals surface area (Å²) >= 11 is 0. The summed E-state index contributed by atoms with van der Waals surface area (Å²) in [5.41, 5.74) is 3.55. The molecule has 20 heavy (non-hydrogen) atoms. The van der Waals surface area contributed by atoms with Gasteiger partial charge in [-0.25, -0.2) is 0 Å². The van der Waals surface area contributed by atoms with Crippen molar-refractivity contribution in [1.29, 1.82) is 0 Å². The average molecular weight is 267 g/mol. The van der Waals surface area contributed by atoms with Crippen LogP contribution in [-0.4, -0.2) is 19.2 Å². The van der Waals surface area contributed by atoms with Gasteiger partial charge < -0.3 is 14.5 Å². The molecule has 0 spiro atoms. The molecule has 1 aromatic heterocycles. The Morgan fingerprint density at radius 3 is 2.45 bits per heavy atom. The van der Waals surface area contributed by atoms with Crippen LogP contribution >= 0.6 is 0 Å². The topological polar surface area (TPSA) is 34.2 Å². The fraction of sp³-hybridized carbons (Fsp3) is 0.176. The first-order valence-electron chi connectivity index (χ1n) is 6.57. The summed E-state index contributed by atoms with van der Waals surface area (Å²) in [4.78, 5) is 3.44. The maximum absolute atomic E-state index is 5.34. The molecule has 3 aromatic rings. The van der Waals surface area contributed by atoms with Crippen LogP contribution in [0.3, 0.4) is 0 Å². The second-order valence-electron chi connectivity index (χ2n) is 4.75. The maximum atomic E-state index is 5.34. The zero-order valence-electron chi connectivity index (χ0n) is 11.6. The van der Waals surface area contributed by atoms with E-state index in [2.05, 4.69) is 35.3 Å². The molecular weight excluding hydrogens is 250 g/mol. The summed E-state index contributed by atoms with van der Waals surface area (Å²) in [6.07, 6.45) is 0.842. The van der Waals surface area contributed by atoms with Crippen molar-refractivity contribution in [3.8, 4) is 11.5 Å². The summed E-state index contributed by atoms with van der Waals surface area (Å²) in [6, 6.07) is 16.5. The highest BCUT2D eigenvalue weighted by atomic mass is 16.5. The number of methoxy groups -OCH3 is 2. The van der Waals surface area contributed by atoms with Gasteiger partial charge in [0.05, 0.1) is 14.2 Å². The van der Waals surface area contributed by atoms with Gasteiger partial charge in [-0.3, -0.25) is 0 Å². The fourth-order valence-electron chi connectivity index (χ4n) is 2.44. The Morgan fingerprint density at radius 1 is 0.900 bits per heavy atom. The first kappa shape index (κ1) is 12.6. The second-order valence-corrected chi connectivity index (χ2v) is 4.75. The van der Waals surface area contributed by atoms with E-state index in [-0.39, 0.29) is 0 Å². The molecule has 0 amide bonds. The molecule has 2 aromatic carbocycles. The van der Waals surface area contributed by atoms with Gasteiger partial charge in [0.1, 0.15) is 0 Å². The van der Waals surface area contributed by atoms with Gasteiger partial charge in [0.25, 0.3) is 0 Å². The van der Waals surface area contributed by atoms with E-state index >= 15 is 0 Å². The van der Waals surface area contributed by atoms with Crippen LogP contribution in [0.1, 0.15) is 11.3 Å². The van der Waals surface area contributed by atoms with E-state index in [9.17, 15) is 0 Å². The summed E-state index contributed by atoms with van der Waals surface area (Å²) < 4.78 is 10.6. The number of fused-ring (bicyclic) bond motifs is 1. The molecule has 0 saturated heterocycles. The largest absolute Gasteiger partial charge is 0.493 e. The van der Waals surface area contributed by atoms with Crippen molar-refractivity contribution in [2.75, 3.05) is 14.2 Å². The van der Waals surface area contributed by atoms with Crippen LogP contribution in [0.2, 0.25) is 0 Å². The van der Waals surface area contributed by atoms with Crippen LogP contribution in [0, 0.1) is 0 Å². The van der Waals surface area contributed by atoms with Gasteiger partial charge in [0.15, 0.2) is 11.5 Å². The van der Waals surface area contributed by atoms with E-state index < -0.39 is 0 Å². The highest BCUT2D eigenvalue weighted by molar-refractivity contribution is 5.80. The minimum absolute atomic E-state index is 0.757. The number of rotatable bonds is 4. The van der Waals surface area contributed by atoms with Gasteiger partial charge in [-0.2, -0.15) is 0 Å². The van der Waals surface area contributed by atoms with Gasteiger partial charge in [-0.05, 0) is 35.2 Å². The van der Waals surface area contributed by atoms with Crippen LogP contribution in [0.15, 0.2) is 48.5 Å². The third-order valence-electron chi connectivity index (χ3n) is 3.43. The molecule has 0 radical (unpaired) electrons. The second kappa shape index (κ2) is 5.29. The lowest BCUT2D eigenvalue weighted by Crippen LogP contribution is -1.93. The van der Waals surface area contributed by atoms with E-state index in [4.69, 9.17) is 9.47 Å². The van der Waals surface area contributed by atoms with E-state index in [1.165, 1.54) is 22.2 Å². The summed E-state index contributed by atoms with van der Waals surface area (Å²) in [5, 5.41) is 1.24. The molecule has 1 N–H and O–H groups in total. The van der Waals surface area contributed by atoms with E-state index in [1.807, 2.05) is 18.2 Å². The lowest BCUT2D eigenvalue weighted by Gasteiger charge is -2.09. The van der Waals surface area contributed by atoms with Crippen molar-refractivity contribution in [2.24, 2.45) is 0 Å². The van der Waals surface area contributed by atoms with Crippen LogP contribution in [0.4, 0.5) is 0 Å². The van der Waals surface area contributed by atoms with Gasteiger partial charge in [0.2, 0.25) is 0 Å². The lowest BCUT2D eigenvalue weighted by atomic mass is 10.1. The molecule has 3 nitrogen and oxygen atoms in total. The molecule has 3 heteroatoms. The Labute approximate surface area is 118 Å². The van der Waals surface area contributed by atoms with Crippen LogP contribution in [0.5, 0.6) is 11.5 Å². The fourth-order valence-corrected chi connectivity index (χ4v) is 2.44. The molecule has 0 aliphatic heterocycles. The van der Waals surface area contributed by atoms with Crippen molar-refractivity contribution < 1.29 is 9.47 Å². The SMILES string of the molecule is COc1ccc(Cc2cc3ccccc3[nH]2)cc1OC. The Morgan fingerprint density at radius 2 is 1.70 bits per heavy atom. The highest BCUT2D eigenvalue weighted by Crippen LogP contribution is 2.28. The standard InChI is InChI=1S/C17H17NO2/c1-19-16-8-7-12(10-17(16)20-2)9-14-11-13-5-3-4-6-15(13)18-14/h3-8,10-11,18H,9H2,1-2H3. The third kappa shape index (κ3) is 2.35. The zero-order chi connectivity index (χ0) is 13.9. The van der Waals surface area contributed by atoms with Gasteiger partial charge in [0, 0.05) is 17.6 Å². The molecule has 0 saturated carbocycles. The predicted molar refractivity (Wildman–Crippen MR) is 80.7 cm³/mol. The maximum Gasteiger partial charge on any atom is 0.160 e. The summed E-state index contributed by atoms with van der Waals surface area (Å²) in [7, 11) is 3.31. The number of aromatic amines is 1. The predicted octanol–water partition coefficient (Wildman–Crippen LogP) is 3.78. The Balaban J connectivity index is 1.90. The van der Waals surface area contributed by atoms with Crippen molar-refractivity contribution >= 4 is 10.9 Å². The average Bonchev–Trinajstić information content (AvgIpc) is 2.89. The number of ether oxygens (including phenoxy) is 2. The van der Waals surface area contributed by atoms with Crippen molar-refractivity contribution in [2.45, 2.75) is 6.42 Å². The van der Waals surface area contributed by atoms with Gasteiger partial charge >= 0.3 is 0 Å². The monoisotopic (exact) mass is 267 g/mol. The van der Waals surface area contributed by atoms with Crippen molar-refractivity contribution in [1.82, 2.24) is 4.98 Å². The van der Waals surface area contributed by atoms with Crippen molar-refractivity contribution in [3.63, 3.8) is 0 Å². The number of H-pyrrole nitrogens is 1. The molecule has 0 atom stereocenters. The molecule has 0 aliphatic rings. The Bertz CT molecular complexity index is 698. The number of hydrogen-bond donors (Lipinski definition) is 1. The first-order valence-corrected chi connectivity index (χ1v) is 6.57. The molecule has 102 valence electrons. The normalized spacial score (nSPS) is 10.7. The van der Waals surface area contributed by atoms with Gasteiger partial charge in [-0.15, -0.1) is 0 Å². The molecule has 0 aliphatic carbocycles. The summed E-state index contributed by atoms with van der Waals surface area (Å²) in [5.74, 6) is 1.52. The minimum atomic E-state index is 0.757. The minimum Gasteiger partial charge on any atom is -0.493 e. The number of para-hydroxylation sites is 1. The van der Waals surface area contributed by atoms with E-state index in [0.717, 1.165) is 17.9 Å². The number of aromatic nitrogens is 1. The lowest BCUT2D eigenvalue weighted by molar-refractivity contribution is 0.354. The molecule has 0 fully saturated rings. The molecular formula is C17H17NO2. The first-order chi connectivity index (χ1) is 9.80. The van der Waals surface area contributed by atoms with E-state index in [1.54, 1.807) is 14.2 Å². The molecule has 1 heterocycles. The highest BCUT2D eigenvalue weighted by Gasteiger charge is 2.06. The number of nitrogens with one attached hydrogen (secondary N) is 1. The van der Waals surface area contributed by atoms with Gasteiger partial charge in [-0.1, -0.05) is 24.3 Å². The smallest absolute Gasteiger partial charge is 0.160 e. The molecule has 3 rings (SSSR count).